The van der Waals surface area contributed by atoms with E-state index in [0.29, 0.717) is 12.1 Å². The summed E-state index contributed by atoms with van der Waals surface area (Å²) in [6.07, 6.45) is 0.915. The van der Waals surface area contributed by atoms with E-state index in [4.69, 9.17) is 10.2 Å². The van der Waals surface area contributed by atoms with Gasteiger partial charge in [-0.15, -0.1) is 0 Å². The first kappa shape index (κ1) is 13.8. The third-order valence-corrected chi connectivity index (χ3v) is 3.64. The molecule has 1 aromatic heterocycles. The van der Waals surface area contributed by atoms with Crippen molar-refractivity contribution in [2.75, 3.05) is 13.6 Å². The van der Waals surface area contributed by atoms with Crippen LogP contribution in [0.3, 0.4) is 0 Å². The second-order valence-corrected chi connectivity index (χ2v) is 5.52. The first-order valence-corrected chi connectivity index (χ1v) is 6.48. The first-order valence-electron chi connectivity index (χ1n) is 6.48. The van der Waals surface area contributed by atoms with Crippen LogP contribution >= 0.6 is 0 Å². The van der Waals surface area contributed by atoms with E-state index >= 15 is 0 Å². The second-order valence-electron chi connectivity index (χ2n) is 5.52. The molecule has 0 saturated heterocycles. The van der Waals surface area contributed by atoms with Crippen LogP contribution in [0.15, 0.2) is 27.4 Å². The van der Waals surface area contributed by atoms with Gasteiger partial charge in [-0.2, -0.15) is 0 Å². The van der Waals surface area contributed by atoms with Crippen LogP contribution in [0.4, 0.5) is 0 Å². The molecule has 0 radical (unpaired) electrons. The molecule has 5 heteroatoms. The average molecular weight is 263 g/mol. The highest BCUT2D eigenvalue weighted by Crippen LogP contribution is 2.36. The van der Waals surface area contributed by atoms with E-state index in [9.17, 15) is 4.79 Å². The molecule has 0 amide bonds. The molecule has 0 aliphatic rings. The number of oxazole rings is 1. The van der Waals surface area contributed by atoms with Gasteiger partial charge < -0.3 is 15.5 Å². The quantitative estimate of drug-likeness (QED) is 0.767. The lowest BCUT2D eigenvalue weighted by Gasteiger charge is -2.34. The highest BCUT2D eigenvalue weighted by atomic mass is 16.4. The van der Waals surface area contributed by atoms with Crippen LogP contribution in [0.2, 0.25) is 0 Å². The highest BCUT2D eigenvalue weighted by molar-refractivity contribution is 5.73. The Kier molecular flexibility index (Phi) is 3.78. The highest BCUT2D eigenvalue weighted by Gasteiger charge is 2.29. The van der Waals surface area contributed by atoms with Gasteiger partial charge in [-0.25, -0.2) is 4.79 Å². The molecule has 0 aliphatic carbocycles. The summed E-state index contributed by atoms with van der Waals surface area (Å²) in [5, 5.41) is 3.34. The molecule has 0 aliphatic heterocycles. The zero-order valence-corrected chi connectivity index (χ0v) is 11.6. The maximum atomic E-state index is 11.2. The predicted octanol–water partition coefficient (Wildman–Crippen LogP) is 1.76. The number of nitrogens with one attached hydrogen (secondary N) is 2. The number of benzene rings is 1. The smallest absolute Gasteiger partial charge is 0.408 e. The number of rotatable bonds is 5. The van der Waals surface area contributed by atoms with Crippen molar-refractivity contribution in [1.29, 1.82) is 0 Å². The summed E-state index contributed by atoms with van der Waals surface area (Å²) in [6, 6.07) is 5.93. The number of aromatic nitrogens is 1. The van der Waals surface area contributed by atoms with Gasteiger partial charge in [0.2, 0.25) is 0 Å². The molecule has 19 heavy (non-hydrogen) atoms. The Morgan fingerprint density at radius 1 is 1.47 bits per heavy atom. The van der Waals surface area contributed by atoms with Crippen molar-refractivity contribution in [3.8, 4) is 0 Å². The van der Waals surface area contributed by atoms with E-state index in [1.54, 1.807) is 0 Å². The van der Waals surface area contributed by atoms with E-state index in [1.165, 1.54) is 0 Å². The SMILES string of the molecule is CNC(c1ccc2oc(=O)[nH]c2c1)C(C)(C)CCN. The summed E-state index contributed by atoms with van der Waals surface area (Å²) in [5.74, 6) is -0.422. The topological polar surface area (TPSA) is 84.0 Å². The zero-order valence-electron chi connectivity index (χ0n) is 11.6. The van der Waals surface area contributed by atoms with Crippen molar-refractivity contribution in [3.63, 3.8) is 0 Å². The van der Waals surface area contributed by atoms with Crippen molar-refractivity contribution in [1.82, 2.24) is 10.3 Å². The van der Waals surface area contributed by atoms with Crippen LogP contribution in [0.1, 0.15) is 31.9 Å². The Morgan fingerprint density at radius 3 is 2.84 bits per heavy atom. The van der Waals surface area contributed by atoms with Gasteiger partial charge in [-0.3, -0.25) is 4.98 Å². The fourth-order valence-electron chi connectivity index (χ4n) is 2.67. The molecule has 0 saturated carbocycles. The van der Waals surface area contributed by atoms with Crippen LogP contribution in [0, 0.1) is 5.41 Å². The number of hydrogen-bond donors (Lipinski definition) is 3. The molecule has 1 atom stereocenters. The number of nitrogens with two attached hydrogens (primary N) is 1. The minimum Gasteiger partial charge on any atom is -0.408 e. The van der Waals surface area contributed by atoms with Gasteiger partial charge in [0.15, 0.2) is 5.58 Å². The standard InChI is InChI=1S/C14H21N3O2/c1-14(2,6-7-15)12(16-3)9-4-5-11-10(8-9)17-13(18)19-11/h4-5,8,12,16H,6-7,15H2,1-3H3,(H,17,18). The van der Waals surface area contributed by atoms with Gasteiger partial charge in [0.1, 0.15) is 0 Å². The first-order chi connectivity index (χ1) is 8.97. The van der Waals surface area contributed by atoms with Crippen LogP contribution in [0.25, 0.3) is 11.1 Å². The summed E-state index contributed by atoms with van der Waals surface area (Å²) in [5.41, 5.74) is 8.15. The lowest BCUT2D eigenvalue weighted by Crippen LogP contribution is -2.33. The fourth-order valence-corrected chi connectivity index (χ4v) is 2.67. The van der Waals surface area contributed by atoms with E-state index in [0.717, 1.165) is 17.5 Å². The van der Waals surface area contributed by atoms with Gasteiger partial charge in [0, 0.05) is 6.04 Å². The van der Waals surface area contributed by atoms with Gasteiger partial charge in [0.05, 0.1) is 5.52 Å². The second kappa shape index (κ2) is 5.19. The van der Waals surface area contributed by atoms with Crippen LogP contribution < -0.4 is 16.8 Å². The predicted molar refractivity (Wildman–Crippen MR) is 76.1 cm³/mol. The van der Waals surface area contributed by atoms with E-state index in [-0.39, 0.29) is 11.5 Å². The Labute approximate surface area is 112 Å². The number of fused-ring (bicyclic) bond motifs is 1. The van der Waals surface area contributed by atoms with Gasteiger partial charge in [-0.1, -0.05) is 19.9 Å². The maximum absolute atomic E-state index is 11.2. The van der Waals surface area contributed by atoms with Crippen molar-refractivity contribution in [2.45, 2.75) is 26.3 Å². The van der Waals surface area contributed by atoms with E-state index in [1.807, 2.05) is 25.2 Å². The summed E-state index contributed by atoms with van der Waals surface area (Å²) in [4.78, 5) is 13.9. The maximum Gasteiger partial charge on any atom is 0.417 e. The number of H-pyrrole nitrogens is 1. The molecule has 0 fully saturated rings. The van der Waals surface area contributed by atoms with Crippen LogP contribution in [-0.2, 0) is 0 Å². The normalized spacial score (nSPS) is 13.9. The molecular formula is C14H21N3O2. The molecule has 2 aromatic rings. The summed E-state index contributed by atoms with van der Waals surface area (Å²) >= 11 is 0. The Balaban J connectivity index is 2.42. The minimum atomic E-state index is -0.422. The average Bonchev–Trinajstić information content (AvgIpc) is 2.68. The zero-order chi connectivity index (χ0) is 14.0. The third-order valence-electron chi connectivity index (χ3n) is 3.64. The molecule has 2 rings (SSSR count). The van der Waals surface area contributed by atoms with Gasteiger partial charge in [0.25, 0.3) is 0 Å². The Bertz CT molecular complexity index is 612. The lowest BCUT2D eigenvalue weighted by molar-refractivity contribution is 0.239. The molecule has 104 valence electrons. The fraction of sp³-hybridized carbons (Fsp3) is 0.500. The number of aromatic amines is 1. The molecule has 1 heterocycles. The van der Waals surface area contributed by atoms with Gasteiger partial charge >= 0.3 is 5.76 Å². The molecule has 5 nitrogen and oxygen atoms in total. The largest absolute Gasteiger partial charge is 0.417 e. The van der Waals surface area contributed by atoms with E-state index in [2.05, 4.69) is 24.1 Å². The summed E-state index contributed by atoms with van der Waals surface area (Å²) in [7, 11) is 1.94. The summed E-state index contributed by atoms with van der Waals surface area (Å²) in [6.45, 7) is 5.02. The molecule has 0 bridgehead atoms. The van der Waals surface area contributed by atoms with Crippen molar-refractivity contribution in [3.05, 3.63) is 34.3 Å². The molecule has 1 unspecified atom stereocenters. The molecule has 4 N–H and O–H groups in total. The van der Waals surface area contributed by atoms with Gasteiger partial charge in [-0.05, 0) is 43.1 Å². The lowest BCUT2D eigenvalue weighted by atomic mass is 9.78. The molecule has 0 spiro atoms. The third kappa shape index (κ3) is 2.72. The molecule has 1 aromatic carbocycles. The van der Waals surface area contributed by atoms with Crippen LogP contribution in [-0.4, -0.2) is 18.6 Å². The Morgan fingerprint density at radius 2 is 2.21 bits per heavy atom. The van der Waals surface area contributed by atoms with E-state index < -0.39 is 5.76 Å². The minimum absolute atomic E-state index is 0.0290. The monoisotopic (exact) mass is 263 g/mol. The van der Waals surface area contributed by atoms with Crippen LogP contribution in [0.5, 0.6) is 0 Å². The Hall–Kier alpha value is -1.59. The van der Waals surface area contributed by atoms with Crippen molar-refractivity contribution in [2.24, 2.45) is 11.1 Å². The number of hydrogen-bond acceptors (Lipinski definition) is 4. The molecular weight excluding hydrogens is 242 g/mol. The summed E-state index contributed by atoms with van der Waals surface area (Å²) < 4.78 is 5.02. The van der Waals surface area contributed by atoms with Crippen molar-refractivity contribution < 1.29 is 4.42 Å². The van der Waals surface area contributed by atoms with Crippen molar-refractivity contribution >= 4 is 11.1 Å².